The summed E-state index contributed by atoms with van der Waals surface area (Å²) in [6.45, 7) is 1.49. The molecule has 0 aliphatic rings. The highest BCUT2D eigenvalue weighted by Gasteiger charge is 2.30. The van der Waals surface area contributed by atoms with Gasteiger partial charge < -0.3 is 20.9 Å². The molecule has 1 amide bonds. The van der Waals surface area contributed by atoms with Crippen LogP contribution >= 0.6 is 0 Å². The molecule has 0 bridgehead atoms. The quantitative estimate of drug-likeness (QED) is 0.687. The van der Waals surface area contributed by atoms with Gasteiger partial charge in [-0.05, 0) is 30.7 Å². The van der Waals surface area contributed by atoms with E-state index in [0.29, 0.717) is 5.56 Å². The first-order valence-corrected chi connectivity index (χ1v) is 8.25. The minimum atomic E-state index is -4.47. The van der Waals surface area contributed by atoms with Crippen LogP contribution < -0.4 is 15.8 Å². The average molecular weight is 382 g/mol. The minimum absolute atomic E-state index is 0.0217. The number of aliphatic hydroxyl groups is 1. The first-order chi connectivity index (χ1) is 12.7. The van der Waals surface area contributed by atoms with Gasteiger partial charge >= 0.3 is 6.18 Å². The number of nitrogens with one attached hydrogen (secondary N) is 1. The lowest BCUT2D eigenvalue weighted by Gasteiger charge is -2.16. The second-order valence-electron chi connectivity index (χ2n) is 6.12. The zero-order valence-electron chi connectivity index (χ0n) is 14.7. The molecule has 2 aromatic carbocycles. The van der Waals surface area contributed by atoms with E-state index in [1.807, 2.05) is 19.1 Å². The van der Waals surface area contributed by atoms with Crippen LogP contribution in [0.3, 0.4) is 0 Å². The van der Waals surface area contributed by atoms with Crippen LogP contribution in [0.1, 0.15) is 22.7 Å². The number of aliphatic hydroxyl groups excluding tert-OH is 1. The highest BCUT2D eigenvalue weighted by atomic mass is 19.4. The van der Waals surface area contributed by atoms with Crippen LogP contribution in [0, 0.1) is 6.92 Å². The summed E-state index contributed by atoms with van der Waals surface area (Å²) < 4.78 is 43.1. The molecule has 2 unspecified atom stereocenters. The molecular formula is C19H21F3N2O3. The molecule has 2 aromatic rings. The Balaban J connectivity index is 1.81. The molecule has 2 rings (SSSR count). The molecule has 2 atom stereocenters. The fraction of sp³-hybridized carbons (Fsp3) is 0.316. The molecule has 0 fully saturated rings. The number of alkyl halides is 3. The van der Waals surface area contributed by atoms with E-state index in [1.54, 1.807) is 12.1 Å². The van der Waals surface area contributed by atoms with Crippen molar-refractivity contribution < 1.29 is 27.8 Å². The van der Waals surface area contributed by atoms with Crippen LogP contribution in [0.5, 0.6) is 5.75 Å². The first kappa shape index (κ1) is 20.7. The maximum atomic E-state index is 12.6. The van der Waals surface area contributed by atoms with E-state index in [2.05, 4.69) is 5.32 Å². The number of carbonyl (C=O) groups is 1. The van der Waals surface area contributed by atoms with Crippen molar-refractivity contribution in [2.24, 2.45) is 5.73 Å². The van der Waals surface area contributed by atoms with E-state index in [0.717, 1.165) is 17.7 Å². The van der Waals surface area contributed by atoms with Crippen molar-refractivity contribution in [3.63, 3.8) is 0 Å². The van der Waals surface area contributed by atoms with Crippen molar-refractivity contribution in [1.29, 1.82) is 0 Å². The normalized spacial score (nSPS) is 13.7. The monoisotopic (exact) mass is 382 g/mol. The molecule has 27 heavy (non-hydrogen) atoms. The highest BCUT2D eigenvalue weighted by molar-refractivity contribution is 5.82. The predicted octanol–water partition coefficient (Wildman–Crippen LogP) is 2.57. The summed E-state index contributed by atoms with van der Waals surface area (Å²) in [4.78, 5) is 12.0. The Morgan fingerprint density at radius 2 is 1.89 bits per heavy atom. The van der Waals surface area contributed by atoms with E-state index in [1.165, 1.54) is 12.1 Å². The number of ether oxygens (including phenoxy) is 1. The molecule has 4 N–H and O–H groups in total. The van der Waals surface area contributed by atoms with Gasteiger partial charge in [0, 0.05) is 6.54 Å². The summed E-state index contributed by atoms with van der Waals surface area (Å²) in [5.41, 5.74) is 6.69. The smallest absolute Gasteiger partial charge is 0.416 e. The SMILES string of the molecule is Cc1ccc(C(N)C(=O)NCC(O)COc2cccc(C(F)(F)F)c2)cc1. The van der Waals surface area contributed by atoms with Gasteiger partial charge in [0.05, 0.1) is 5.56 Å². The van der Waals surface area contributed by atoms with E-state index in [-0.39, 0.29) is 18.9 Å². The van der Waals surface area contributed by atoms with E-state index in [4.69, 9.17) is 10.5 Å². The number of rotatable bonds is 7. The zero-order chi connectivity index (χ0) is 20.0. The van der Waals surface area contributed by atoms with Gasteiger partial charge in [0.1, 0.15) is 24.5 Å². The molecule has 0 aliphatic heterocycles. The number of nitrogens with two attached hydrogens (primary N) is 1. The van der Waals surface area contributed by atoms with Gasteiger partial charge in [0.2, 0.25) is 5.91 Å². The molecule has 0 saturated heterocycles. The summed E-state index contributed by atoms with van der Waals surface area (Å²) >= 11 is 0. The summed E-state index contributed by atoms with van der Waals surface area (Å²) in [6, 6.07) is 10.6. The van der Waals surface area contributed by atoms with Gasteiger partial charge in [0.25, 0.3) is 0 Å². The second-order valence-corrected chi connectivity index (χ2v) is 6.12. The van der Waals surface area contributed by atoms with Crippen LogP contribution in [0.15, 0.2) is 48.5 Å². The molecule has 8 heteroatoms. The molecule has 0 aliphatic carbocycles. The van der Waals surface area contributed by atoms with Crippen LogP contribution in [-0.2, 0) is 11.0 Å². The third-order valence-corrected chi connectivity index (χ3v) is 3.83. The minimum Gasteiger partial charge on any atom is -0.491 e. The van der Waals surface area contributed by atoms with Crippen LogP contribution in [-0.4, -0.2) is 30.3 Å². The lowest BCUT2D eigenvalue weighted by atomic mass is 10.1. The predicted molar refractivity (Wildman–Crippen MR) is 94.1 cm³/mol. The summed E-state index contributed by atoms with van der Waals surface area (Å²) in [5.74, 6) is -0.497. The lowest BCUT2D eigenvalue weighted by molar-refractivity contribution is -0.137. The van der Waals surface area contributed by atoms with Crippen LogP contribution in [0.25, 0.3) is 0 Å². The van der Waals surface area contributed by atoms with Crippen molar-refractivity contribution in [2.45, 2.75) is 25.2 Å². The van der Waals surface area contributed by atoms with Crippen molar-refractivity contribution in [2.75, 3.05) is 13.2 Å². The summed E-state index contributed by atoms with van der Waals surface area (Å²) in [7, 11) is 0. The molecule has 146 valence electrons. The van der Waals surface area contributed by atoms with Crippen molar-refractivity contribution >= 4 is 5.91 Å². The van der Waals surface area contributed by atoms with E-state index >= 15 is 0 Å². The largest absolute Gasteiger partial charge is 0.491 e. The maximum Gasteiger partial charge on any atom is 0.416 e. The third-order valence-electron chi connectivity index (χ3n) is 3.83. The number of carbonyl (C=O) groups excluding carboxylic acids is 1. The average Bonchev–Trinajstić information content (AvgIpc) is 2.64. The number of benzene rings is 2. The van der Waals surface area contributed by atoms with Crippen molar-refractivity contribution in [3.05, 3.63) is 65.2 Å². The van der Waals surface area contributed by atoms with Gasteiger partial charge in [-0.15, -0.1) is 0 Å². The number of hydrogen-bond acceptors (Lipinski definition) is 4. The molecule has 0 radical (unpaired) electrons. The Morgan fingerprint density at radius 1 is 1.22 bits per heavy atom. The zero-order valence-corrected chi connectivity index (χ0v) is 14.7. The maximum absolute atomic E-state index is 12.6. The number of hydrogen-bond donors (Lipinski definition) is 3. The third kappa shape index (κ3) is 6.26. The fourth-order valence-corrected chi connectivity index (χ4v) is 2.27. The Kier molecular flexibility index (Phi) is 6.81. The molecule has 0 spiro atoms. The second kappa shape index (κ2) is 8.88. The van der Waals surface area contributed by atoms with E-state index < -0.39 is 29.8 Å². The Bertz CT molecular complexity index is 764. The Morgan fingerprint density at radius 3 is 2.52 bits per heavy atom. The first-order valence-electron chi connectivity index (χ1n) is 8.25. The molecule has 0 heterocycles. The summed E-state index contributed by atoms with van der Waals surface area (Å²) in [5, 5.41) is 12.4. The Hall–Kier alpha value is -2.58. The van der Waals surface area contributed by atoms with E-state index in [9.17, 15) is 23.1 Å². The standard InChI is InChI=1S/C19H21F3N2O3/c1-12-5-7-13(8-6-12)17(23)18(26)24-10-15(25)11-27-16-4-2-3-14(9-16)19(20,21)22/h2-9,15,17,25H,10-11,23H2,1H3,(H,24,26). The van der Waals surface area contributed by atoms with Crippen LogP contribution in [0.4, 0.5) is 13.2 Å². The topological polar surface area (TPSA) is 84.6 Å². The van der Waals surface area contributed by atoms with Gasteiger partial charge in [-0.2, -0.15) is 13.2 Å². The number of amides is 1. The van der Waals surface area contributed by atoms with Gasteiger partial charge in [-0.25, -0.2) is 0 Å². The van der Waals surface area contributed by atoms with Gasteiger partial charge in [0.15, 0.2) is 0 Å². The molecule has 0 aromatic heterocycles. The fourth-order valence-electron chi connectivity index (χ4n) is 2.27. The molecular weight excluding hydrogens is 361 g/mol. The van der Waals surface area contributed by atoms with Crippen LogP contribution in [0.2, 0.25) is 0 Å². The molecule has 5 nitrogen and oxygen atoms in total. The number of halogens is 3. The highest BCUT2D eigenvalue weighted by Crippen LogP contribution is 2.31. The Labute approximate surface area is 154 Å². The van der Waals surface area contributed by atoms with Gasteiger partial charge in [-0.3, -0.25) is 4.79 Å². The number of aryl methyl sites for hydroxylation is 1. The molecule has 0 saturated carbocycles. The van der Waals surface area contributed by atoms with Gasteiger partial charge in [-0.1, -0.05) is 35.9 Å². The summed E-state index contributed by atoms with van der Waals surface area (Å²) in [6.07, 6.45) is -5.58. The van der Waals surface area contributed by atoms with Crippen molar-refractivity contribution in [1.82, 2.24) is 5.32 Å². The lowest BCUT2D eigenvalue weighted by Crippen LogP contribution is -2.40. The van der Waals surface area contributed by atoms with Crippen molar-refractivity contribution in [3.8, 4) is 5.75 Å².